The Hall–Kier alpha value is -1.98. The molecule has 1 atom stereocenters. The fourth-order valence-corrected chi connectivity index (χ4v) is 2.37. The Kier molecular flexibility index (Phi) is 7.34. The summed E-state index contributed by atoms with van der Waals surface area (Å²) in [4.78, 5) is 12.0. The topological polar surface area (TPSA) is 35.5 Å². The summed E-state index contributed by atoms with van der Waals surface area (Å²) in [5.74, 6) is -1.02. The number of halogens is 3. The second-order valence-electron chi connectivity index (χ2n) is 5.43. The predicted molar refractivity (Wildman–Crippen MR) is 92.5 cm³/mol. The average molecular weight is 369 g/mol. The second-order valence-corrected chi connectivity index (χ2v) is 5.84. The van der Waals surface area contributed by atoms with Crippen molar-refractivity contribution in [2.45, 2.75) is 26.1 Å². The van der Waals surface area contributed by atoms with Crippen molar-refractivity contribution in [3.63, 3.8) is 0 Å². The third-order valence-electron chi connectivity index (χ3n) is 3.53. The number of rotatable bonds is 9. The van der Waals surface area contributed by atoms with Crippen LogP contribution in [-0.4, -0.2) is 25.2 Å². The van der Waals surface area contributed by atoms with Crippen LogP contribution in [0.3, 0.4) is 0 Å². The molecule has 0 aliphatic rings. The van der Waals surface area contributed by atoms with Gasteiger partial charge in [0, 0.05) is 12.5 Å². The molecule has 2 aromatic rings. The molecular weight excluding hydrogens is 350 g/mol. The molecule has 0 saturated carbocycles. The molecule has 0 N–H and O–H groups in total. The summed E-state index contributed by atoms with van der Waals surface area (Å²) in [5.41, 5.74) is 1.08. The molecule has 2 aromatic carbocycles. The average Bonchev–Trinajstić information content (AvgIpc) is 2.63. The standard InChI is InChI=1S/C19H19ClF2O3/c1-2-18(23)15-8-16(20)17(22)9-19(15)25-14(10-21)12-24-11-13-6-4-3-5-7-13/h3-9,14H,2,10-12H2,1H3/t14-/m0/s1. The van der Waals surface area contributed by atoms with Gasteiger partial charge in [0.2, 0.25) is 0 Å². The highest BCUT2D eigenvalue weighted by Crippen LogP contribution is 2.28. The number of Topliss-reactive ketones (excluding diaryl/α,β-unsaturated/α-hetero) is 1. The molecule has 0 aliphatic carbocycles. The quantitative estimate of drug-likeness (QED) is 0.584. The van der Waals surface area contributed by atoms with Crippen molar-refractivity contribution >= 4 is 17.4 Å². The Balaban J connectivity index is 2.05. The van der Waals surface area contributed by atoms with Crippen molar-refractivity contribution in [2.24, 2.45) is 0 Å². The Bertz CT molecular complexity index is 707. The van der Waals surface area contributed by atoms with Gasteiger partial charge in [-0.25, -0.2) is 8.78 Å². The van der Waals surface area contributed by atoms with Crippen LogP contribution in [-0.2, 0) is 11.3 Å². The van der Waals surface area contributed by atoms with Gasteiger partial charge in [0.05, 0.1) is 23.8 Å². The lowest BCUT2D eigenvalue weighted by molar-refractivity contribution is 0.0291. The molecule has 0 spiro atoms. The first-order chi connectivity index (χ1) is 12.0. The number of carbonyl (C=O) groups excluding carboxylic acids is 1. The van der Waals surface area contributed by atoms with Crippen LogP contribution in [0.5, 0.6) is 5.75 Å². The molecule has 0 heterocycles. The fraction of sp³-hybridized carbons (Fsp3) is 0.316. The van der Waals surface area contributed by atoms with E-state index in [0.29, 0.717) is 6.61 Å². The lowest BCUT2D eigenvalue weighted by atomic mass is 10.1. The van der Waals surface area contributed by atoms with Crippen molar-refractivity contribution in [3.05, 3.63) is 64.4 Å². The molecule has 0 saturated heterocycles. The Morgan fingerprint density at radius 2 is 1.96 bits per heavy atom. The summed E-state index contributed by atoms with van der Waals surface area (Å²) in [6, 6.07) is 11.6. The van der Waals surface area contributed by atoms with Crippen LogP contribution in [0.4, 0.5) is 8.78 Å². The Morgan fingerprint density at radius 1 is 1.24 bits per heavy atom. The van der Waals surface area contributed by atoms with E-state index in [0.717, 1.165) is 11.6 Å². The summed E-state index contributed by atoms with van der Waals surface area (Å²) in [6.07, 6.45) is -0.754. The van der Waals surface area contributed by atoms with Crippen molar-refractivity contribution in [1.82, 2.24) is 0 Å². The lowest BCUT2D eigenvalue weighted by Gasteiger charge is -2.18. The van der Waals surface area contributed by atoms with Crippen LogP contribution >= 0.6 is 11.6 Å². The van der Waals surface area contributed by atoms with E-state index in [1.54, 1.807) is 6.92 Å². The highest BCUT2D eigenvalue weighted by Gasteiger charge is 2.19. The molecule has 3 nitrogen and oxygen atoms in total. The van der Waals surface area contributed by atoms with Crippen molar-refractivity contribution in [3.8, 4) is 5.75 Å². The molecule has 0 aliphatic heterocycles. The summed E-state index contributed by atoms with van der Waals surface area (Å²) < 4.78 is 37.9. The normalized spacial score (nSPS) is 12.0. The minimum atomic E-state index is -0.951. The number of benzene rings is 2. The van der Waals surface area contributed by atoms with Crippen LogP contribution in [0.25, 0.3) is 0 Å². The van der Waals surface area contributed by atoms with Crippen LogP contribution in [0.1, 0.15) is 29.3 Å². The monoisotopic (exact) mass is 368 g/mol. The first-order valence-electron chi connectivity index (χ1n) is 7.91. The zero-order valence-electron chi connectivity index (χ0n) is 13.8. The first kappa shape index (κ1) is 19.3. The molecule has 25 heavy (non-hydrogen) atoms. The molecule has 0 amide bonds. The molecular formula is C19H19ClF2O3. The molecule has 0 aromatic heterocycles. The number of carbonyl (C=O) groups is 1. The highest BCUT2D eigenvalue weighted by atomic mass is 35.5. The number of alkyl halides is 1. The zero-order chi connectivity index (χ0) is 18.2. The van der Waals surface area contributed by atoms with E-state index >= 15 is 0 Å². The Labute approximate surface area is 150 Å². The predicted octanol–water partition coefficient (Wildman–Crippen LogP) is 5.01. The molecule has 6 heteroatoms. The number of hydrogen-bond donors (Lipinski definition) is 0. The van der Waals surface area contributed by atoms with Gasteiger partial charge < -0.3 is 9.47 Å². The van der Waals surface area contributed by atoms with Gasteiger partial charge in [-0.15, -0.1) is 0 Å². The van der Waals surface area contributed by atoms with Gasteiger partial charge in [0.25, 0.3) is 0 Å². The maximum absolute atomic E-state index is 13.7. The van der Waals surface area contributed by atoms with Crippen molar-refractivity contribution < 1.29 is 23.0 Å². The van der Waals surface area contributed by atoms with Gasteiger partial charge in [-0.2, -0.15) is 0 Å². The first-order valence-corrected chi connectivity index (χ1v) is 8.29. The van der Waals surface area contributed by atoms with E-state index < -0.39 is 18.6 Å². The van der Waals surface area contributed by atoms with Gasteiger partial charge in [-0.05, 0) is 11.6 Å². The lowest BCUT2D eigenvalue weighted by Crippen LogP contribution is -2.26. The minimum Gasteiger partial charge on any atom is -0.484 e. The van der Waals surface area contributed by atoms with Gasteiger partial charge in [0.15, 0.2) is 11.9 Å². The molecule has 0 unspecified atom stereocenters. The summed E-state index contributed by atoms with van der Waals surface area (Å²) in [7, 11) is 0. The van der Waals surface area contributed by atoms with E-state index in [2.05, 4.69) is 0 Å². The number of ether oxygens (including phenoxy) is 2. The van der Waals surface area contributed by atoms with Crippen LogP contribution in [0.2, 0.25) is 5.02 Å². The van der Waals surface area contributed by atoms with Crippen LogP contribution < -0.4 is 4.74 Å². The third-order valence-corrected chi connectivity index (χ3v) is 3.81. The zero-order valence-corrected chi connectivity index (χ0v) is 14.6. The van der Waals surface area contributed by atoms with Gasteiger partial charge >= 0.3 is 0 Å². The maximum Gasteiger partial charge on any atom is 0.166 e. The maximum atomic E-state index is 13.7. The largest absolute Gasteiger partial charge is 0.484 e. The summed E-state index contributed by atoms with van der Waals surface area (Å²) >= 11 is 5.73. The Morgan fingerprint density at radius 3 is 2.60 bits per heavy atom. The van der Waals surface area contributed by atoms with Crippen LogP contribution in [0.15, 0.2) is 42.5 Å². The van der Waals surface area contributed by atoms with E-state index in [4.69, 9.17) is 21.1 Å². The molecule has 134 valence electrons. The van der Waals surface area contributed by atoms with Gasteiger partial charge in [-0.1, -0.05) is 48.9 Å². The SMILES string of the molecule is CCC(=O)c1cc(Cl)c(F)cc1O[C@@H](CF)COCc1ccccc1. The fourth-order valence-electron chi connectivity index (χ4n) is 2.21. The number of hydrogen-bond acceptors (Lipinski definition) is 3. The molecule has 0 fully saturated rings. The smallest absolute Gasteiger partial charge is 0.166 e. The van der Waals surface area contributed by atoms with E-state index in [1.165, 1.54) is 6.07 Å². The van der Waals surface area contributed by atoms with Gasteiger partial charge in [0.1, 0.15) is 18.2 Å². The molecule has 0 radical (unpaired) electrons. The van der Waals surface area contributed by atoms with E-state index in [9.17, 15) is 13.6 Å². The van der Waals surface area contributed by atoms with Gasteiger partial charge in [-0.3, -0.25) is 4.79 Å². The van der Waals surface area contributed by atoms with E-state index in [-0.39, 0.29) is 35.1 Å². The van der Waals surface area contributed by atoms with E-state index in [1.807, 2.05) is 30.3 Å². The summed E-state index contributed by atoms with van der Waals surface area (Å²) in [5, 5.41) is -0.179. The second kappa shape index (κ2) is 9.49. The van der Waals surface area contributed by atoms with Crippen molar-refractivity contribution in [2.75, 3.05) is 13.3 Å². The van der Waals surface area contributed by atoms with Crippen molar-refractivity contribution in [1.29, 1.82) is 0 Å². The molecule has 2 rings (SSSR count). The minimum absolute atomic E-state index is 0.0280. The highest BCUT2D eigenvalue weighted by molar-refractivity contribution is 6.31. The number of ketones is 1. The van der Waals surface area contributed by atoms with Crippen LogP contribution in [0, 0.1) is 5.82 Å². The summed E-state index contributed by atoms with van der Waals surface area (Å²) in [6.45, 7) is 1.10. The molecule has 0 bridgehead atoms. The third kappa shape index (κ3) is 5.51.